The van der Waals surface area contributed by atoms with Crippen LogP contribution >= 0.6 is 0 Å². The van der Waals surface area contributed by atoms with Crippen molar-refractivity contribution in [3.63, 3.8) is 0 Å². The molecule has 0 bridgehead atoms. The summed E-state index contributed by atoms with van der Waals surface area (Å²) in [4.78, 5) is 28.8. The van der Waals surface area contributed by atoms with Crippen LogP contribution in [-0.4, -0.2) is 22.8 Å². The second-order valence-electron chi connectivity index (χ2n) is 5.91. The van der Waals surface area contributed by atoms with E-state index in [0.717, 1.165) is 23.2 Å². The first kappa shape index (κ1) is 17.7. The summed E-state index contributed by atoms with van der Waals surface area (Å²) < 4.78 is 0. The van der Waals surface area contributed by atoms with E-state index in [4.69, 9.17) is 0 Å². The molecule has 2 N–H and O–H groups in total. The molecule has 1 aromatic heterocycles. The van der Waals surface area contributed by atoms with Crippen LogP contribution in [0.25, 0.3) is 0 Å². The summed E-state index contributed by atoms with van der Waals surface area (Å²) in [5, 5.41) is 5.73. The maximum atomic E-state index is 12.5. The highest BCUT2D eigenvalue weighted by Gasteiger charge is 2.15. The number of carbonyl (C=O) groups is 2. The zero-order valence-electron chi connectivity index (χ0n) is 14.5. The number of para-hydroxylation sites is 1. The van der Waals surface area contributed by atoms with Crippen molar-refractivity contribution in [3.05, 3.63) is 58.9 Å². The third-order valence-corrected chi connectivity index (χ3v) is 3.92. The molecule has 0 saturated heterocycles. The van der Waals surface area contributed by atoms with E-state index < -0.39 is 0 Å². The zero-order chi connectivity index (χ0) is 17.7. The summed E-state index contributed by atoms with van der Waals surface area (Å²) in [5.41, 5.74) is 3.20. The fourth-order valence-corrected chi connectivity index (χ4v) is 2.28. The van der Waals surface area contributed by atoms with Crippen molar-refractivity contribution in [2.45, 2.75) is 40.2 Å². The molecule has 1 aromatic carbocycles. The van der Waals surface area contributed by atoms with Crippen molar-refractivity contribution in [1.29, 1.82) is 0 Å². The molecule has 0 aliphatic heterocycles. The molecule has 126 valence electrons. The average Bonchev–Trinajstić information content (AvgIpc) is 2.58. The average molecular weight is 325 g/mol. The Balaban J connectivity index is 2.19. The smallest absolute Gasteiger partial charge is 0.274 e. The number of aryl methyl sites for hydroxylation is 2. The summed E-state index contributed by atoms with van der Waals surface area (Å²) in [7, 11) is 0. The highest BCUT2D eigenvalue weighted by Crippen LogP contribution is 2.20. The normalized spacial score (nSPS) is 11.7. The Morgan fingerprint density at radius 2 is 1.54 bits per heavy atom. The van der Waals surface area contributed by atoms with Gasteiger partial charge in [0.25, 0.3) is 11.8 Å². The lowest BCUT2D eigenvalue weighted by atomic mass is 10.1. The Morgan fingerprint density at radius 1 is 1.00 bits per heavy atom. The van der Waals surface area contributed by atoms with Crippen LogP contribution in [0.5, 0.6) is 0 Å². The molecular formula is C19H23N3O2. The largest absolute Gasteiger partial charge is 0.348 e. The maximum Gasteiger partial charge on any atom is 0.274 e. The number of hydrogen-bond donors (Lipinski definition) is 2. The lowest BCUT2D eigenvalue weighted by molar-refractivity contribution is 0.0934. The highest BCUT2D eigenvalue weighted by molar-refractivity contribution is 6.04. The van der Waals surface area contributed by atoms with E-state index in [9.17, 15) is 9.59 Å². The van der Waals surface area contributed by atoms with E-state index in [1.807, 2.05) is 45.9 Å². The molecule has 0 saturated carbocycles. The van der Waals surface area contributed by atoms with Crippen molar-refractivity contribution in [3.8, 4) is 0 Å². The Morgan fingerprint density at radius 3 is 2.12 bits per heavy atom. The Labute approximate surface area is 142 Å². The number of anilines is 1. The van der Waals surface area contributed by atoms with Crippen molar-refractivity contribution < 1.29 is 9.59 Å². The molecule has 5 heteroatoms. The highest BCUT2D eigenvalue weighted by atomic mass is 16.2. The minimum atomic E-state index is -0.328. The Bertz CT molecular complexity index is 736. The Hall–Kier alpha value is -2.69. The molecule has 5 nitrogen and oxygen atoms in total. The minimum Gasteiger partial charge on any atom is -0.348 e. The van der Waals surface area contributed by atoms with Crippen molar-refractivity contribution in [2.24, 2.45) is 0 Å². The van der Waals surface area contributed by atoms with Gasteiger partial charge < -0.3 is 10.6 Å². The summed E-state index contributed by atoms with van der Waals surface area (Å²) in [5.74, 6) is -0.600. The van der Waals surface area contributed by atoms with Gasteiger partial charge in [-0.1, -0.05) is 31.2 Å². The molecule has 0 aliphatic carbocycles. The minimum absolute atomic E-state index is 0.0615. The fraction of sp³-hybridized carbons (Fsp3) is 0.316. The van der Waals surface area contributed by atoms with Crippen LogP contribution in [0.1, 0.15) is 52.4 Å². The number of carbonyl (C=O) groups excluding carboxylic acids is 2. The van der Waals surface area contributed by atoms with E-state index in [1.54, 1.807) is 18.2 Å². The van der Waals surface area contributed by atoms with Gasteiger partial charge in [0.15, 0.2) is 0 Å². The number of amides is 2. The van der Waals surface area contributed by atoms with E-state index in [0.29, 0.717) is 0 Å². The van der Waals surface area contributed by atoms with E-state index >= 15 is 0 Å². The molecule has 2 rings (SSSR count). The van der Waals surface area contributed by atoms with E-state index in [1.165, 1.54) is 0 Å². The number of nitrogens with one attached hydrogen (secondary N) is 2. The van der Waals surface area contributed by atoms with Crippen LogP contribution in [0.2, 0.25) is 0 Å². The van der Waals surface area contributed by atoms with Gasteiger partial charge in [0.05, 0.1) is 0 Å². The number of nitrogens with zero attached hydrogens (tertiary/aromatic N) is 1. The zero-order valence-corrected chi connectivity index (χ0v) is 14.5. The quantitative estimate of drug-likeness (QED) is 0.884. The van der Waals surface area contributed by atoms with Gasteiger partial charge in [-0.3, -0.25) is 9.59 Å². The predicted octanol–water partition coefficient (Wildman–Crippen LogP) is 3.48. The SMILES string of the molecule is CCC(C)NC(=O)c1cccc(C(=O)Nc2c(C)cccc2C)n1. The van der Waals surface area contributed by atoms with Crippen LogP contribution in [0.4, 0.5) is 5.69 Å². The molecule has 1 unspecified atom stereocenters. The van der Waals surface area contributed by atoms with Crippen LogP contribution < -0.4 is 10.6 Å². The number of benzene rings is 1. The van der Waals surface area contributed by atoms with Crippen molar-refractivity contribution in [2.75, 3.05) is 5.32 Å². The monoisotopic (exact) mass is 325 g/mol. The molecule has 0 spiro atoms. The van der Waals surface area contributed by atoms with E-state index in [-0.39, 0.29) is 29.2 Å². The molecule has 0 radical (unpaired) electrons. The van der Waals surface area contributed by atoms with Crippen LogP contribution in [0.15, 0.2) is 36.4 Å². The van der Waals surface area contributed by atoms with Gasteiger partial charge in [-0.25, -0.2) is 4.98 Å². The van der Waals surface area contributed by atoms with Gasteiger partial charge in [-0.05, 0) is 50.5 Å². The van der Waals surface area contributed by atoms with Crippen molar-refractivity contribution >= 4 is 17.5 Å². The standard InChI is InChI=1S/C19H23N3O2/c1-5-14(4)20-18(23)15-10-7-11-16(21-15)19(24)22-17-12(2)8-6-9-13(17)3/h6-11,14H,5H2,1-4H3,(H,20,23)(H,22,24). The number of pyridine rings is 1. The molecule has 1 heterocycles. The molecule has 2 amide bonds. The van der Waals surface area contributed by atoms with Gasteiger partial charge in [-0.15, -0.1) is 0 Å². The second kappa shape index (κ2) is 7.73. The predicted molar refractivity (Wildman–Crippen MR) is 95.3 cm³/mol. The summed E-state index contributed by atoms with van der Waals surface area (Å²) in [6.07, 6.45) is 0.832. The first-order chi connectivity index (χ1) is 11.4. The number of aromatic nitrogens is 1. The van der Waals surface area contributed by atoms with Crippen LogP contribution in [0, 0.1) is 13.8 Å². The first-order valence-electron chi connectivity index (χ1n) is 8.07. The van der Waals surface area contributed by atoms with Crippen LogP contribution in [-0.2, 0) is 0 Å². The lowest BCUT2D eigenvalue weighted by Crippen LogP contribution is -2.32. The summed E-state index contributed by atoms with van der Waals surface area (Å²) in [6.45, 7) is 7.79. The van der Waals surface area contributed by atoms with Gasteiger partial charge in [0.1, 0.15) is 11.4 Å². The van der Waals surface area contributed by atoms with Gasteiger partial charge in [0.2, 0.25) is 0 Å². The molecule has 24 heavy (non-hydrogen) atoms. The second-order valence-corrected chi connectivity index (χ2v) is 5.91. The summed E-state index contributed by atoms with van der Waals surface area (Å²) in [6, 6.07) is 10.7. The van der Waals surface area contributed by atoms with Crippen LogP contribution in [0.3, 0.4) is 0 Å². The molecule has 2 aromatic rings. The third kappa shape index (κ3) is 4.19. The number of hydrogen-bond acceptors (Lipinski definition) is 3. The van der Waals surface area contributed by atoms with E-state index in [2.05, 4.69) is 15.6 Å². The van der Waals surface area contributed by atoms with Crippen molar-refractivity contribution in [1.82, 2.24) is 10.3 Å². The Kier molecular flexibility index (Phi) is 5.68. The fourth-order valence-electron chi connectivity index (χ4n) is 2.28. The molecule has 0 aliphatic rings. The first-order valence-corrected chi connectivity index (χ1v) is 8.07. The summed E-state index contributed by atoms with van der Waals surface area (Å²) >= 11 is 0. The maximum absolute atomic E-state index is 12.5. The topological polar surface area (TPSA) is 71.1 Å². The molecule has 1 atom stereocenters. The van der Waals surface area contributed by atoms with Gasteiger partial charge >= 0.3 is 0 Å². The molecular weight excluding hydrogens is 302 g/mol. The third-order valence-electron chi connectivity index (χ3n) is 3.92. The van der Waals surface area contributed by atoms with Gasteiger partial charge in [0, 0.05) is 11.7 Å². The van der Waals surface area contributed by atoms with Gasteiger partial charge in [-0.2, -0.15) is 0 Å². The number of rotatable bonds is 5. The lowest BCUT2D eigenvalue weighted by Gasteiger charge is -2.13. The molecule has 0 fully saturated rings.